The smallest absolute Gasteiger partial charge is 0.309 e. The van der Waals surface area contributed by atoms with Gasteiger partial charge < -0.3 is 4.74 Å². The van der Waals surface area contributed by atoms with Crippen LogP contribution >= 0.6 is 0 Å². The van der Waals surface area contributed by atoms with Crippen LogP contribution in [0.25, 0.3) is 0 Å². The molecule has 1 atom stereocenters. The maximum absolute atomic E-state index is 11.4. The summed E-state index contributed by atoms with van der Waals surface area (Å²) >= 11 is 0. The van der Waals surface area contributed by atoms with Crippen molar-refractivity contribution in [3.8, 4) is 0 Å². The van der Waals surface area contributed by atoms with Crippen LogP contribution in [-0.2, 0) is 9.53 Å². The molecular formula is C11H18O2. The third-order valence-corrected chi connectivity index (χ3v) is 2.82. The Morgan fingerprint density at radius 1 is 1.62 bits per heavy atom. The van der Waals surface area contributed by atoms with Gasteiger partial charge in [-0.2, -0.15) is 0 Å². The molecular weight excluding hydrogens is 164 g/mol. The lowest BCUT2D eigenvalue weighted by Crippen LogP contribution is -2.21. The molecule has 1 rings (SSSR count). The van der Waals surface area contributed by atoms with Gasteiger partial charge in [0.05, 0.1) is 5.92 Å². The lowest BCUT2D eigenvalue weighted by atomic mass is 9.93. The molecule has 13 heavy (non-hydrogen) atoms. The van der Waals surface area contributed by atoms with Gasteiger partial charge in [-0.3, -0.25) is 4.79 Å². The number of ether oxygens (including phenoxy) is 1. The van der Waals surface area contributed by atoms with E-state index in [0.717, 1.165) is 0 Å². The van der Waals surface area contributed by atoms with E-state index in [4.69, 9.17) is 4.74 Å². The highest BCUT2D eigenvalue weighted by molar-refractivity contribution is 5.72. The average molecular weight is 182 g/mol. The zero-order chi connectivity index (χ0) is 9.68. The average Bonchev–Trinajstić information content (AvgIpc) is 2.65. The third kappa shape index (κ3) is 2.87. The molecule has 0 aromatic heterocycles. The molecule has 1 saturated carbocycles. The summed E-state index contributed by atoms with van der Waals surface area (Å²) in [6, 6.07) is 0. The summed E-state index contributed by atoms with van der Waals surface area (Å²) < 4.78 is 5.01. The highest BCUT2D eigenvalue weighted by Gasteiger charge is 2.27. The minimum absolute atomic E-state index is 0.0631. The SMILES string of the molecule is C=CCOC(=O)[C@@H](C)C1CCCC1. The molecule has 0 unspecified atom stereocenters. The van der Waals surface area contributed by atoms with E-state index in [1.807, 2.05) is 6.92 Å². The van der Waals surface area contributed by atoms with Crippen molar-refractivity contribution < 1.29 is 9.53 Å². The van der Waals surface area contributed by atoms with Crippen LogP contribution in [0.5, 0.6) is 0 Å². The molecule has 2 heteroatoms. The Morgan fingerprint density at radius 2 is 2.23 bits per heavy atom. The number of rotatable bonds is 4. The third-order valence-electron chi connectivity index (χ3n) is 2.82. The van der Waals surface area contributed by atoms with Crippen LogP contribution in [0.4, 0.5) is 0 Å². The molecule has 0 aromatic carbocycles. The summed E-state index contributed by atoms with van der Waals surface area (Å²) in [5.41, 5.74) is 0. The first kappa shape index (κ1) is 10.3. The predicted molar refractivity (Wildman–Crippen MR) is 52.3 cm³/mol. The van der Waals surface area contributed by atoms with Crippen molar-refractivity contribution in [2.75, 3.05) is 6.61 Å². The standard InChI is InChI=1S/C11H18O2/c1-3-8-13-11(12)9(2)10-6-4-5-7-10/h3,9-10H,1,4-8H2,2H3/t9-/m0/s1. The molecule has 0 aliphatic heterocycles. The summed E-state index contributed by atoms with van der Waals surface area (Å²) in [4.78, 5) is 11.4. The van der Waals surface area contributed by atoms with Gasteiger partial charge in [0, 0.05) is 0 Å². The van der Waals surface area contributed by atoms with Gasteiger partial charge in [0.25, 0.3) is 0 Å². The fraction of sp³-hybridized carbons (Fsp3) is 0.727. The van der Waals surface area contributed by atoms with Gasteiger partial charge in [0.2, 0.25) is 0 Å². The topological polar surface area (TPSA) is 26.3 Å². The Morgan fingerprint density at radius 3 is 2.77 bits per heavy atom. The fourth-order valence-corrected chi connectivity index (χ4v) is 1.92. The second-order valence-corrected chi connectivity index (χ2v) is 3.75. The molecule has 1 aliphatic rings. The first-order chi connectivity index (χ1) is 6.25. The molecule has 0 heterocycles. The van der Waals surface area contributed by atoms with Gasteiger partial charge in [0.15, 0.2) is 0 Å². The molecule has 2 nitrogen and oxygen atoms in total. The van der Waals surface area contributed by atoms with Gasteiger partial charge in [-0.1, -0.05) is 32.4 Å². The Labute approximate surface area is 80.0 Å². The monoisotopic (exact) mass is 182 g/mol. The summed E-state index contributed by atoms with van der Waals surface area (Å²) in [7, 11) is 0. The van der Waals surface area contributed by atoms with Gasteiger partial charge in [0.1, 0.15) is 6.61 Å². The van der Waals surface area contributed by atoms with E-state index in [0.29, 0.717) is 12.5 Å². The molecule has 0 bridgehead atoms. The van der Waals surface area contributed by atoms with Crippen LogP contribution in [0.3, 0.4) is 0 Å². The number of hydrogen-bond donors (Lipinski definition) is 0. The van der Waals surface area contributed by atoms with Crippen LogP contribution < -0.4 is 0 Å². The van der Waals surface area contributed by atoms with Crippen LogP contribution in [0.15, 0.2) is 12.7 Å². The van der Waals surface area contributed by atoms with Gasteiger partial charge in [-0.15, -0.1) is 0 Å². The first-order valence-corrected chi connectivity index (χ1v) is 5.03. The molecule has 1 aliphatic carbocycles. The van der Waals surface area contributed by atoms with Crippen molar-refractivity contribution in [1.29, 1.82) is 0 Å². The minimum atomic E-state index is -0.0631. The van der Waals surface area contributed by atoms with E-state index < -0.39 is 0 Å². The van der Waals surface area contributed by atoms with Gasteiger partial charge >= 0.3 is 5.97 Å². The highest BCUT2D eigenvalue weighted by Crippen LogP contribution is 2.31. The molecule has 1 fully saturated rings. The van der Waals surface area contributed by atoms with Gasteiger partial charge in [-0.25, -0.2) is 0 Å². The quantitative estimate of drug-likeness (QED) is 0.493. The Bertz CT molecular complexity index is 181. The molecule has 0 radical (unpaired) electrons. The summed E-state index contributed by atoms with van der Waals surface area (Å²) in [5.74, 6) is 0.562. The van der Waals surface area contributed by atoms with E-state index in [9.17, 15) is 4.79 Å². The lowest BCUT2D eigenvalue weighted by Gasteiger charge is -2.16. The van der Waals surface area contributed by atoms with E-state index in [1.165, 1.54) is 25.7 Å². The second kappa shape index (κ2) is 5.05. The van der Waals surface area contributed by atoms with Crippen LogP contribution in [0.2, 0.25) is 0 Å². The normalized spacial score (nSPS) is 19.8. The van der Waals surface area contributed by atoms with Crippen molar-refractivity contribution in [3.63, 3.8) is 0 Å². The van der Waals surface area contributed by atoms with Crippen molar-refractivity contribution in [1.82, 2.24) is 0 Å². The number of hydrogen-bond acceptors (Lipinski definition) is 2. The van der Waals surface area contributed by atoms with Gasteiger partial charge in [-0.05, 0) is 18.8 Å². The zero-order valence-corrected chi connectivity index (χ0v) is 8.29. The maximum Gasteiger partial charge on any atom is 0.309 e. The largest absolute Gasteiger partial charge is 0.461 e. The zero-order valence-electron chi connectivity index (χ0n) is 8.29. The number of carbonyl (C=O) groups excluding carboxylic acids is 1. The van der Waals surface area contributed by atoms with Crippen molar-refractivity contribution in [2.45, 2.75) is 32.6 Å². The molecule has 74 valence electrons. The van der Waals surface area contributed by atoms with Crippen LogP contribution in [0.1, 0.15) is 32.6 Å². The molecule has 0 aromatic rings. The molecule has 0 N–H and O–H groups in total. The number of carbonyl (C=O) groups is 1. The van der Waals surface area contributed by atoms with Crippen LogP contribution in [0, 0.1) is 11.8 Å². The van der Waals surface area contributed by atoms with Crippen molar-refractivity contribution >= 4 is 5.97 Å². The Hall–Kier alpha value is -0.790. The summed E-state index contributed by atoms with van der Waals surface area (Å²) in [6.07, 6.45) is 6.52. The van der Waals surface area contributed by atoms with E-state index >= 15 is 0 Å². The van der Waals surface area contributed by atoms with Crippen LogP contribution in [-0.4, -0.2) is 12.6 Å². The molecule has 0 saturated heterocycles. The first-order valence-electron chi connectivity index (χ1n) is 5.03. The molecule has 0 spiro atoms. The highest BCUT2D eigenvalue weighted by atomic mass is 16.5. The minimum Gasteiger partial charge on any atom is -0.461 e. The maximum atomic E-state index is 11.4. The Kier molecular flexibility index (Phi) is 4.00. The van der Waals surface area contributed by atoms with E-state index in [-0.39, 0.29) is 11.9 Å². The summed E-state index contributed by atoms with van der Waals surface area (Å²) in [5, 5.41) is 0. The second-order valence-electron chi connectivity index (χ2n) is 3.75. The lowest BCUT2D eigenvalue weighted by molar-refractivity contribution is -0.148. The molecule has 0 amide bonds. The summed E-state index contributed by atoms with van der Waals surface area (Å²) in [6.45, 7) is 5.83. The number of esters is 1. The predicted octanol–water partition coefficient (Wildman–Crippen LogP) is 2.54. The van der Waals surface area contributed by atoms with E-state index in [2.05, 4.69) is 6.58 Å². The van der Waals surface area contributed by atoms with Crippen molar-refractivity contribution in [2.24, 2.45) is 11.8 Å². The van der Waals surface area contributed by atoms with E-state index in [1.54, 1.807) is 6.08 Å². The Balaban J connectivity index is 2.31. The van der Waals surface area contributed by atoms with Crippen molar-refractivity contribution in [3.05, 3.63) is 12.7 Å². The fourth-order valence-electron chi connectivity index (χ4n) is 1.92.